The Morgan fingerprint density at radius 2 is 0.842 bits per heavy atom. The van der Waals surface area contributed by atoms with Gasteiger partial charge in [0.25, 0.3) is 0 Å². The van der Waals surface area contributed by atoms with Crippen LogP contribution in [0.5, 0.6) is 0 Å². The van der Waals surface area contributed by atoms with Crippen molar-refractivity contribution in [1.82, 2.24) is 0 Å². The van der Waals surface area contributed by atoms with E-state index in [4.69, 9.17) is 0 Å². The summed E-state index contributed by atoms with van der Waals surface area (Å²) >= 11 is 2.18. The van der Waals surface area contributed by atoms with Gasteiger partial charge in [0.1, 0.15) is 0 Å². The third-order valence-corrected chi connectivity index (χ3v) is 4.44. The first-order chi connectivity index (χ1) is 8.41. The molecule has 0 saturated heterocycles. The van der Waals surface area contributed by atoms with Gasteiger partial charge in [0.05, 0.1) is 0 Å². The van der Waals surface area contributed by atoms with Crippen LogP contribution in [0.15, 0.2) is 0 Å². The van der Waals surface area contributed by atoms with Crippen molar-refractivity contribution in [2.24, 2.45) is 0 Å². The maximum Gasteiger partial charge on any atom is 0 e. The van der Waals surface area contributed by atoms with Gasteiger partial charge in [0.15, 0.2) is 0 Å². The van der Waals surface area contributed by atoms with Gasteiger partial charge in [-0.25, -0.2) is 0 Å². The summed E-state index contributed by atoms with van der Waals surface area (Å²) in [5.41, 5.74) is 0. The van der Waals surface area contributed by atoms with Crippen molar-refractivity contribution >= 4 is 21.7 Å². The Balaban J connectivity index is -0.00000128. The Morgan fingerprint density at radius 3 is 1.21 bits per heavy atom. The normalized spacial score (nSPS) is 9.79. The number of hydrogen-bond acceptors (Lipinski definition) is 1. The Hall–Kier alpha value is 1.40. The van der Waals surface area contributed by atoms with Gasteiger partial charge in [-0.2, -0.15) is 21.7 Å². The predicted octanol–water partition coefficient (Wildman–Crippen LogP) is 6.50. The molecule has 19 heavy (non-hydrogen) atoms. The molecule has 114 valence electrons. The molecule has 0 aliphatic rings. The molecule has 1 unspecified atom stereocenters. The van der Waals surface area contributed by atoms with Crippen LogP contribution in [0.3, 0.4) is 0 Å². The first-order valence-corrected chi connectivity index (χ1v) is 9.15. The van der Waals surface area contributed by atoms with Crippen LogP contribution in [0.2, 0.25) is 0 Å². The summed E-state index contributed by atoms with van der Waals surface area (Å²) in [4.78, 5) is 0. The van der Waals surface area contributed by atoms with Crippen LogP contribution in [-0.2, 0) is 19.5 Å². The summed E-state index contributed by atoms with van der Waals surface area (Å²) in [7, 11) is 0. The van der Waals surface area contributed by atoms with E-state index < -0.39 is 0 Å². The Morgan fingerprint density at radius 1 is 0.526 bits per heavy atom. The fourth-order valence-electron chi connectivity index (χ4n) is 2.07. The zero-order valence-electron chi connectivity index (χ0n) is 13.7. The first kappa shape index (κ1) is 25.4. The van der Waals surface area contributed by atoms with Crippen molar-refractivity contribution in [3.63, 3.8) is 0 Å². The average Bonchev–Trinajstić information content (AvgIpc) is 2.35. The minimum atomic E-state index is 0. The summed E-state index contributed by atoms with van der Waals surface area (Å²) in [5, 5.41) is 0. The van der Waals surface area contributed by atoms with Crippen LogP contribution < -0.4 is 0 Å². The van der Waals surface area contributed by atoms with Gasteiger partial charge in [0.2, 0.25) is 0 Å². The Labute approximate surface area is 143 Å². The van der Waals surface area contributed by atoms with Gasteiger partial charge in [-0.05, 0) is 24.3 Å². The molecule has 0 aromatic rings. The summed E-state index contributed by atoms with van der Waals surface area (Å²) in [6.07, 6.45) is 17.3. The molecule has 0 aromatic heterocycles. The van der Waals surface area contributed by atoms with E-state index >= 15 is 0 Å². The third kappa shape index (κ3) is 24.8. The third-order valence-electron chi connectivity index (χ3n) is 3.28. The van der Waals surface area contributed by atoms with Crippen LogP contribution >= 0.6 is 21.7 Å². The van der Waals surface area contributed by atoms with Crippen LogP contribution in [0.4, 0.5) is 0 Å². The van der Waals surface area contributed by atoms with Crippen molar-refractivity contribution in [1.29, 1.82) is 0 Å². The van der Waals surface area contributed by atoms with E-state index in [2.05, 4.69) is 25.6 Å². The molecule has 3 heteroatoms. The van der Waals surface area contributed by atoms with E-state index in [0.717, 1.165) is 0 Å². The van der Waals surface area contributed by atoms with Gasteiger partial charge in [-0.15, -0.1) is 0 Å². The predicted molar refractivity (Wildman–Crippen MR) is 95.2 cm³/mol. The number of hydrogen-bond donors (Lipinski definition) is 0. The second-order valence-corrected chi connectivity index (χ2v) is 6.37. The summed E-state index contributed by atoms with van der Waals surface area (Å²) in [5.74, 6) is 2.81. The molecule has 1 atom stereocenters. The first-order valence-electron chi connectivity index (χ1n) is 7.99. The Bertz CT molecular complexity index is 120. The van der Waals surface area contributed by atoms with Gasteiger partial charge in [-0.1, -0.05) is 78.1 Å². The molecule has 0 amide bonds. The maximum absolute atomic E-state index is 2.29. The summed E-state index contributed by atoms with van der Waals surface area (Å²) in [6.45, 7) is 4.58. The quantitative estimate of drug-likeness (QED) is 0.194. The van der Waals surface area contributed by atoms with Crippen LogP contribution in [0, 0.1) is 0 Å². The standard InChI is InChI=1S/C16H34S.H3P.Zn/c1-3-5-7-9-11-13-15-17-16-14-12-10-8-6-4-2;;/h3-16H2,1-2H3;1H3;. The Kier molecular flexibility index (Phi) is 32.6. The molecule has 0 nitrogen and oxygen atoms in total. The van der Waals surface area contributed by atoms with Crippen LogP contribution in [0.1, 0.15) is 90.9 Å². The fourth-order valence-corrected chi connectivity index (χ4v) is 3.09. The average molecular weight is 358 g/mol. The van der Waals surface area contributed by atoms with Gasteiger partial charge >= 0.3 is 0 Å². The van der Waals surface area contributed by atoms with Crippen LogP contribution in [-0.4, -0.2) is 11.5 Å². The van der Waals surface area contributed by atoms with E-state index in [1.807, 2.05) is 0 Å². The van der Waals surface area contributed by atoms with Crippen molar-refractivity contribution < 1.29 is 19.5 Å². The molecule has 0 fully saturated rings. The smallest absolute Gasteiger partial charge is 0 e. The van der Waals surface area contributed by atoms with Crippen LogP contribution in [0.25, 0.3) is 0 Å². The van der Waals surface area contributed by atoms with E-state index in [9.17, 15) is 0 Å². The molecule has 0 aliphatic heterocycles. The number of thioether (sulfide) groups is 1. The SMILES string of the molecule is CCCCCCCCSCCCCCCCC.P.[Zn]. The van der Waals surface area contributed by atoms with Gasteiger partial charge in [-0.3, -0.25) is 0 Å². The van der Waals surface area contributed by atoms with E-state index in [1.165, 1.54) is 88.6 Å². The fraction of sp³-hybridized carbons (Fsp3) is 1.00. The molecular formula is C16H37PSZn. The minimum absolute atomic E-state index is 0. The maximum atomic E-state index is 2.29. The molecule has 0 bridgehead atoms. The van der Waals surface area contributed by atoms with Gasteiger partial charge in [0, 0.05) is 19.5 Å². The van der Waals surface area contributed by atoms with Gasteiger partial charge < -0.3 is 0 Å². The summed E-state index contributed by atoms with van der Waals surface area (Å²) in [6, 6.07) is 0. The van der Waals surface area contributed by atoms with E-state index in [-0.39, 0.29) is 29.4 Å². The monoisotopic (exact) mass is 356 g/mol. The molecule has 0 spiro atoms. The summed E-state index contributed by atoms with van der Waals surface area (Å²) < 4.78 is 0. The second kappa shape index (κ2) is 24.4. The minimum Gasteiger partial charge on any atom is -0.162 e. The number of rotatable bonds is 14. The largest absolute Gasteiger partial charge is 0.162 e. The van der Waals surface area contributed by atoms with E-state index in [0.29, 0.717) is 0 Å². The zero-order chi connectivity index (χ0) is 12.6. The zero-order valence-corrected chi connectivity index (χ0v) is 18.9. The second-order valence-electron chi connectivity index (χ2n) is 5.15. The molecule has 0 rings (SSSR count). The van der Waals surface area contributed by atoms with Crippen molar-refractivity contribution in [3.8, 4) is 0 Å². The molecule has 0 radical (unpaired) electrons. The van der Waals surface area contributed by atoms with Crippen molar-refractivity contribution in [3.05, 3.63) is 0 Å². The molecule has 0 aromatic carbocycles. The van der Waals surface area contributed by atoms with E-state index in [1.54, 1.807) is 0 Å². The number of unbranched alkanes of at least 4 members (excludes halogenated alkanes) is 10. The van der Waals surface area contributed by atoms with Crippen molar-refractivity contribution in [2.45, 2.75) is 90.9 Å². The molecule has 0 aliphatic carbocycles. The molecule has 0 N–H and O–H groups in total. The molecule has 0 saturated carbocycles. The topological polar surface area (TPSA) is 0 Å². The van der Waals surface area contributed by atoms with Crippen molar-refractivity contribution in [2.75, 3.05) is 11.5 Å². The molecular weight excluding hydrogens is 321 g/mol. The molecule has 0 heterocycles.